The number of piperazine rings is 1. The summed E-state index contributed by atoms with van der Waals surface area (Å²) in [6.45, 7) is 7.74. The summed E-state index contributed by atoms with van der Waals surface area (Å²) in [6, 6.07) is 11.0. The van der Waals surface area contributed by atoms with Gasteiger partial charge in [-0.05, 0) is 25.3 Å². The molecule has 2 aliphatic rings. The molecule has 2 heterocycles. The van der Waals surface area contributed by atoms with Gasteiger partial charge in [0.2, 0.25) is 5.91 Å². The molecule has 0 bridgehead atoms. The van der Waals surface area contributed by atoms with Crippen LogP contribution in [-0.4, -0.2) is 62.8 Å². The van der Waals surface area contributed by atoms with E-state index >= 15 is 0 Å². The van der Waals surface area contributed by atoms with Gasteiger partial charge in [0.05, 0.1) is 6.54 Å². The molecule has 1 amide bonds. The van der Waals surface area contributed by atoms with Crippen LogP contribution in [0.2, 0.25) is 0 Å². The highest BCUT2D eigenvalue weighted by Crippen LogP contribution is 2.34. The molecular formula is C19H30ClN3O2. The number of nitrogens with zero attached hydrogens (tertiary/aromatic N) is 1. The highest BCUT2D eigenvalue weighted by molar-refractivity contribution is 5.85. The highest BCUT2D eigenvalue weighted by Gasteiger charge is 2.35. The van der Waals surface area contributed by atoms with Crippen LogP contribution in [0.15, 0.2) is 30.3 Å². The molecule has 1 atom stereocenters. The smallest absolute Gasteiger partial charge is 0.234 e. The zero-order valence-electron chi connectivity index (χ0n) is 15.0. The molecule has 0 radical (unpaired) electrons. The Morgan fingerprint density at radius 3 is 2.72 bits per heavy atom. The van der Waals surface area contributed by atoms with Crippen LogP contribution in [0.5, 0.6) is 0 Å². The van der Waals surface area contributed by atoms with Crippen molar-refractivity contribution < 1.29 is 9.53 Å². The van der Waals surface area contributed by atoms with Crippen LogP contribution in [0, 0.1) is 0 Å². The number of amides is 1. The second-order valence-corrected chi connectivity index (χ2v) is 7.06. The van der Waals surface area contributed by atoms with Gasteiger partial charge < -0.3 is 15.4 Å². The van der Waals surface area contributed by atoms with E-state index in [-0.39, 0.29) is 23.7 Å². The summed E-state index contributed by atoms with van der Waals surface area (Å²) in [4.78, 5) is 14.7. The molecule has 2 aliphatic heterocycles. The highest BCUT2D eigenvalue weighted by atomic mass is 35.5. The number of nitrogens with one attached hydrogen (secondary N) is 2. The van der Waals surface area contributed by atoms with Gasteiger partial charge in [-0.25, -0.2) is 0 Å². The lowest BCUT2D eigenvalue weighted by Gasteiger charge is -2.38. The molecule has 0 unspecified atom stereocenters. The monoisotopic (exact) mass is 367 g/mol. The molecular weight excluding hydrogens is 338 g/mol. The summed E-state index contributed by atoms with van der Waals surface area (Å²) in [6.07, 6.45) is 1.92. The number of carbonyl (C=O) groups excluding carboxylic acids is 1. The maximum atomic E-state index is 12.5. The number of benzene rings is 1. The van der Waals surface area contributed by atoms with Crippen molar-refractivity contribution in [3.63, 3.8) is 0 Å². The van der Waals surface area contributed by atoms with E-state index in [1.807, 2.05) is 6.07 Å². The Morgan fingerprint density at radius 1 is 1.32 bits per heavy atom. The first kappa shape index (κ1) is 20.2. The molecule has 2 N–H and O–H groups in total. The number of halogens is 1. The molecule has 25 heavy (non-hydrogen) atoms. The molecule has 6 heteroatoms. The molecule has 0 spiro atoms. The Morgan fingerprint density at radius 2 is 2.04 bits per heavy atom. The summed E-state index contributed by atoms with van der Waals surface area (Å²) >= 11 is 0. The zero-order valence-corrected chi connectivity index (χ0v) is 15.8. The largest absolute Gasteiger partial charge is 0.381 e. The number of rotatable bonds is 5. The molecule has 140 valence electrons. The van der Waals surface area contributed by atoms with Gasteiger partial charge in [0.15, 0.2) is 0 Å². The first-order chi connectivity index (χ1) is 11.7. The molecule has 5 nitrogen and oxygen atoms in total. The van der Waals surface area contributed by atoms with Crippen LogP contribution in [-0.2, 0) is 14.9 Å². The lowest BCUT2D eigenvalue weighted by atomic mass is 9.74. The zero-order chi connectivity index (χ0) is 16.8. The Balaban J connectivity index is 0.00000225. The summed E-state index contributed by atoms with van der Waals surface area (Å²) in [5.41, 5.74) is 1.31. The molecule has 2 fully saturated rings. The van der Waals surface area contributed by atoms with Crippen molar-refractivity contribution in [2.75, 3.05) is 45.9 Å². The number of hydrogen-bond acceptors (Lipinski definition) is 4. The average molecular weight is 368 g/mol. The first-order valence-electron chi connectivity index (χ1n) is 9.04. The number of carbonyl (C=O) groups is 1. The van der Waals surface area contributed by atoms with Crippen LogP contribution >= 0.6 is 12.4 Å². The van der Waals surface area contributed by atoms with E-state index in [2.05, 4.69) is 46.7 Å². The first-order valence-corrected chi connectivity index (χ1v) is 9.04. The van der Waals surface area contributed by atoms with Crippen LogP contribution in [0.3, 0.4) is 0 Å². The maximum absolute atomic E-state index is 12.5. The van der Waals surface area contributed by atoms with Gasteiger partial charge in [0.1, 0.15) is 0 Å². The average Bonchev–Trinajstić information content (AvgIpc) is 2.63. The minimum absolute atomic E-state index is 0. The van der Waals surface area contributed by atoms with Crippen molar-refractivity contribution in [2.24, 2.45) is 0 Å². The molecule has 2 saturated heterocycles. The molecule has 1 aromatic rings. The fourth-order valence-corrected chi connectivity index (χ4v) is 3.75. The summed E-state index contributed by atoms with van der Waals surface area (Å²) in [7, 11) is 0. The standard InChI is InChI=1S/C19H29N3O2.ClH/c1-16-13-20-9-10-22(16)14-18(23)21-15-19(7-11-24-12-8-19)17-5-3-2-4-6-17;/h2-6,16,20H,7-15H2,1H3,(H,21,23);1H/t16-;/m0./s1. The van der Waals surface area contributed by atoms with Gasteiger partial charge in [0.25, 0.3) is 0 Å². The fraction of sp³-hybridized carbons (Fsp3) is 0.632. The van der Waals surface area contributed by atoms with Crippen molar-refractivity contribution in [1.29, 1.82) is 0 Å². The van der Waals surface area contributed by atoms with E-state index < -0.39 is 0 Å². The lowest BCUT2D eigenvalue weighted by Crippen LogP contribution is -2.54. The lowest BCUT2D eigenvalue weighted by molar-refractivity contribution is -0.123. The van der Waals surface area contributed by atoms with Gasteiger partial charge in [-0.15, -0.1) is 12.4 Å². The summed E-state index contributed by atoms with van der Waals surface area (Å²) in [5.74, 6) is 0.130. The van der Waals surface area contributed by atoms with E-state index in [0.29, 0.717) is 19.1 Å². The van der Waals surface area contributed by atoms with Crippen molar-refractivity contribution in [2.45, 2.75) is 31.2 Å². The Labute approximate surface area is 156 Å². The minimum atomic E-state index is 0. The van der Waals surface area contributed by atoms with Gasteiger partial charge in [-0.2, -0.15) is 0 Å². The molecule has 0 aliphatic carbocycles. The quantitative estimate of drug-likeness (QED) is 0.829. The van der Waals surface area contributed by atoms with Crippen molar-refractivity contribution in [3.8, 4) is 0 Å². The maximum Gasteiger partial charge on any atom is 0.234 e. The predicted octanol–water partition coefficient (Wildman–Crippen LogP) is 1.57. The third-order valence-corrected chi connectivity index (χ3v) is 5.45. The van der Waals surface area contributed by atoms with Crippen molar-refractivity contribution in [3.05, 3.63) is 35.9 Å². The topological polar surface area (TPSA) is 53.6 Å². The second-order valence-electron chi connectivity index (χ2n) is 7.06. The fourth-order valence-electron chi connectivity index (χ4n) is 3.75. The van der Waals surface area contributed by atoms with E-state index in [9.17, 15) is 4.79 Å². The van der Waals surface area contributed by atoms with Crippen LogP contribution in [0.25, 0.3) is 0 Å². The molecule has 0 aromatic heterocycles. The van der Waals surface area contributed by atoms with Gasteiger partial charge in [-0.3, -0.25) is 9.69 Å². The van der Waals surface area contributed by atoms with Crippen LogP contribution in [0.1, 0.15) is 25.3 Å². The predicted molar refractivity (Wildman–Crippen MR) is 102 cm³/mol. The third kappa shape index (κ3) is 5.17. The third-order valence-electron chi connectivity index (χ3n) is 5.45. The van der Waals surface area contributed by atoms with E-state index in [4.69, 9.17) is 4.74 Å². The number of hydrogen-bond donors (Lipinski definition) is 2. The van der Waals surface area contributed by atoms with Crippen molar-refractivity contribution in [1.82, 2.24) is 15.5 Å². The Bertz CT molecular complexity index is 535. The van der Waals surface area contributed by atoms with E-state index in [1.165, 1.54) is 5.56 Å². The van der Waals surface area contributed by atoms with Gasteiger partial charge in [0, 0.05) is 50.8 Å². The van der Waals surface area contributed by atoms with E-state index in [1.54, 1.807) is 0 Å². The van der Waals surface area contributed by atoms with Crippen molar-refractivity contribution >= 4 is 18.3 Å². The van der Waals surface area contributed by atoms with Crippen LogP contribution < -0.4 is 10.6 Å². The van der Waals surface area contributed by atoms with E-state index in [0.717, 1.165) is 45.7 Å². The summed E-state index contributed by atoms with van der Waals surface area (Å²) < 4.78 is 5.56. The van der Waals surface area contributed by atoms with Gasteiger partial charge in [-0.1, -0.05) is 30.3 Å². The van der Waals surface area contributed by atoms with Crippen LogP contribution in [0.4, 0.5) is 0 Å². The SMILES string of the molecule is C[C@H]1CNCCN1CC(=O)NCC1(c2ccccc2)CCOCC1.Cl. The number of ether oxygens (including phenoxy) is 1. The summed E-state index contributed by atoms with van der Waals surface area (Å²) in [5, 5.41) is 6.56. The second kappa shape index (κ2) is 9.53. The minimum Gasteiger partial charge on any atom is -0.381 e. The molecule has 3 rings (SSSR count). The normalized spacial score (nSPS) is 23.5. The Kier molecular flexibility index (Phi) is 7.69. The van der Waals surface area contributed by atoms with Gasteiger partial charge >= 0.3 is 0 Å². The molecule has 0 saturated carbocycles. The molecule has 1 aromatic carbocycles. The Hall–Kier alpha value is -1.14.